The largest absolute Gasteiger partial charge is 0.398 e. The molecule has 20 heavy (non-hydrogen) atoms. The van der Waals surface area contributed by atoms with Crippen LogP contribution >= 0.6 is 0 Å². The van der Waals surface area contributed by atoms with Crippen molar-refractivity contribution in [3.05, 3.63) is 23.8 Å². The highest BCUT2D eigenvalue weighted by atomic mass is 32.2. The number of nitrogens with two attached hydrogens (primary N) is 1. The van der Waals surface area contributed by atoms with Crippen molar-refractivity contribution < 1.29 is 13.2 Å². The summed E-state index contributed by atoms with van der Waals surface area (Å²) in [6.45, 7) is 3.90. The molecule has 0 aliphatic heterocycles. The Labute approximate surface area is 120 Å². The number of carbonyl (C=O) groups is 1. The monoisotopic (exact) mass is 299 g/mol. The molecular formula is C13H21N3O3S. The lowest BCUT2D eigenvalue weighted by atomic mass is 10.2. The first-order valence-corrected chi connectivity index (χ1v) is 7.82. The molecule has 0 radical (unpaired) electrons. The molecule has 1 aromatic rings. The van der Waals surface area contributed by atoms with Crippen molar-refractivity contribution in [3.8, 4) is 0 Å². The van der Waals surface area contributed by atoms with E-state index in [-0.39, 0.29) is 23.0 Å². The molecule has 7 heteroatoms. The van der Waals surface area contributed by atoms with E-state index in [9.17, 15) is 13.2 Å². The van der Waals surface area contributed by atoms with E-state index in [1.54, 1.807) is 19.1 Å². The van der Waals surface area contributed by atoms with Gasteiger partial charge >= 0.3 is 0 Å². The van der Waals surface area contributed by atoms with Crippen molar-refractivity contribution in [2.24, 2.45) is 0 Å². The Balaban J connectivity index is 2.96. The molecule has 0 aliphatic carbocycles. The van der Waals surface area contributed by atoms with E-state index in [4.69, 9.17) is 5.73 Å². The number of rotatable bonds is 6. The number of aryl methyl sites for hydroxylation is 1. The Morgan fingerprint density at radius 3 is 2.60 bits per heavy atom. The first-order valence-electron chi connectivity index (χ1n) is 6.38. The molecule has 3 N–H and O–H groups in total. The molecule has 0 fully saturated rings. The second-order valence-electron chi connectivity index (χ2n) is 4.60. The summed E-state index contributed by atoms with van der Waals surface area (Å²) in [5.74, 6) is -0.329. The van der Waals surface area contributed by atoms with Crippen LogP contribution in [0.4, 0.5) is 5.69 Å². The summed E-state index contributed by atoms with van der Waals surface area (Å²) in [6.07, 6.45) is 0.799. The molecule has 0 saturated carbocycles. The molecule has 0 aromatic heterocycles. The molecule has 1 amide bonds. The molecule has 0 aliphatic rings. The summed E-state index contributed by atoms with van der Waals surface area (Å²) in [7, 11) is -2.41. The Hall–Kier alpha value is -1.60. The van der Waals surface area contributed by atoms with Crippen LogP contribution in [-0.2, 0) is 14.8 Å². The van der Waals surface area contributed by atoms with Crippen molar-refractivity contribution in [1.29, 1.82) is 0 Å². The minimum atomic E-state index is -3.77. The number of carbonyl (C=O) groups excluding carboxylic acids is 1. The molecule has 0 bridgehead atoms. The van der Waals surface area contributed by atoms with E-state index < -0.39 is 10.0 Å². The maximum absolute atomic E-state index is 12.4. The highest BCUT2D eigenvalue weighted by Gasteiger charge is 2.26. The molecule has 0 saturated heterocycles. The fraction of sp³-hybridized carbons (Fsp3) is 0.462. The maximum Gasteiger partial charge on any atom is 0.245 e. The van der Waals surface area contributed by atoms with Crippen LogP contribution in [0.15, 0.2) is 23.1 Å². The number of nitrogens with one attached hydrogen (secondary N) is 1. The number of hydrogen-bond acceptors (Lipinski definition) is 4. The Morgan fingerprint density at radius 2 is 2.05 bits per heavy atom. The van der Waals surface area contributed by atoms with Gasteiger partial charge in [0.1, 0.15) is 4.90 Å². The van der Waals surface area contributed by atoms with E-state index in [0.717, 1.165) is 10.7 Å². The average Bonchev–Trinajstić information content (AvgIpc) is 2.35. The fourth-order valence-corrected chi connectivity index (χ4v) is 3.23. The molecule has 6 nitrogen and oxygen atoms in total. The topological polar surface area (TPSA) is 92.5 Å². The van der Waals surface area contributed by atoms with Gasteiger partial charge in [-0.3, -0.25) is 4.79 Å². The zero-order chi connectivity index (χ0) is 15.3. The van der Waals surface area contributed by atoms with Gasteiger partial charge in [0.2, 0.25) is 15.9 Å². The van der Waals surface area contributed by atoms with Gasteiger partial charge in [0, 0.05) is 13.6 Å². The third-order valence-corrected chi connectivity index (χ3v) is 4.87. The van der Waals surface area contributed by atoms with Crippen LogP contribution in [0.1, 0.15) is 18.9 Å². The SMILES string of the molecule is CCCNC(=O)CN(C)S(=O)(=O)c1c(C)cccc1N. The molecule has 1 rings (SSSR count). The zero-order valence-corrected chi connectivity index (χ0v) is 12.8. The van der Waals surface area contributed by atoms with E-state index in [1.165, 1.54) is 13.1 Å². The minimum absolute atomic E-state index is 0.0609. The number of anilines is 1. The molecular weight excluding hydrogens is 278 g/mol. The number of sulfonamides is 1. The number of hydrogen-bond donors (Lipinski definition) is 2. The molecule has 0 heterocycles. The standard InChI is InChI=1S/C13H21N3O3S/c1-4-8-15-12(17)9-16(3)20(18,19)13-10(2)6-5-7-11(13)14/h5-7H,4,8-9,14H2,1-3H3,(H,15,17). The van der Waals surface area contributed by atoms with Crippen molar-refractivity contribution in [3.63, 3.8) is 0 Å². The van der Waals surface area contributed by atoms with Gasteiger partial charge in [0.05, 0.1) is 12.2 Å². The Morgan fingerprint density at radius 1 is 1.40 bits per heavy atom. The molecule has 1 aromatic carbocycles. The van der Waals surface area contributed by atoms with Gasteiger partial charge < -0.3 is 11.1 Å². The molecule has 0 unspecified atom stereocenters. The second-order valence-corrected chi connectivity index (χ2v) is 6.59. The summed E-state index contributed by atoms with van der Waals surface area (Å²) in [6, 6.07) is 4.90. The summed E-state index contributed by atoms with van der Waals surface area (Å²) >= 11 is 0. The van der Waals surface area contributed by atoms with Crippen LogP contribution < -0.4 is 11.1 Å². The average molecular weight is 299 g/mol. The van der Waals surface area contributed by atoms with Crippen molar-refractivity contribution >= 4 is 21.6 Å². The Kier molecular flexibility index (Phi) is 5.52. The van der Waals surface area contributed by atoms with Crippen LogP contribution in [0.2, 0.25) is 0 Å². The van der Waals surface area contributed by atoms with Gasteiger partial charge in [-0.15, -0.1) is 0 Å². The maximum atomic E-state index is 12.4. The predicted molar refractivity (Wildman–Crippen MR) is 78.7 cm³/mol. The fourth-order valence-electron chi connectivity index (χ4n) is 1.79. The number of likely N-dealkylation sites (N-methyl/N-ethyl adjacent to an activating group) is 1. The highest BCUT2D eigenvalue weighted by molar-refractivity contribution is 7.89. The quantitative estimate of drug-likeness (QED) is 0.757. The van der Waals surface area contributed by atoms with Gasteiger partial charge in [-0.2, -0.15) is 4.31 Å². The number of benzene rings is 1. The van der Waals surface area contributed by atoms with Crippen LogP contribution in [0.3, 0.4) is 0 Å². The second kappa shape index (κ2) is 6.71. The highest BCUT2D eigenvalue weighted by Crippen LogP contribution is 2.24. The lowest BCUT2D eigenvalue weighted by Gasteiger charge is -2.19. The van der Waals surface area contributed by atoms with Crippen molar-refractivity contribution in [1.82, 2.24) is 9.62 Å². The summed E-state index contributed by atoms with van der Waals surface area (Å²) < 4.78 is 25.9. The van der Waals surface area contributed by atoms with E-state index in [1.807, 2.05) is 6.92 Å². The van der Waals surface area contributed by atoms with Gasteiger partial charge in [0.25, 0.3) is 0 Å². The van der Waals surface area contributed by atoms with Gasteiger partial charge in [0.15, 0.2) is 0 Å². The summed E-state index contributed by atoms with van der Waals surface area (Å²) in [4.78, 5) is 11.7. The van der Waals surface area contributed by atoms with Crippen LogP contribution in [-0.4, -0.2) is 38.8 Å². The van der Waals surface area contributed by atoms with Gasteiger partial charge in [-0.05, 0) is 25.0 Å². The smallest absolute Gasteiger partial charge is 0.245 e. The third kappa shape index (κ3) is 3.71. The molecule has 112 valence electrons. The first-order chi connectivity index (χ1) is 9.30. The van der Waals surface area contributed by atoms with E-state index >= 15 is 0 Å². The Bertz CT molecular complexity index is 564. The molecule has 0 spiro atoms. The van der Waals surface area contributed by atoms with Gasteiger partial charge in [-0.1, -0.05) is 19.1 Å². The van der Waals surface area contributed by atoms with Crippen LogP contribution in [0.25, 0.3) is 0 Å². The molecule has 0 atom stereocenters. The van der Waals surface area contributed by atoms with Crippen molar-refractivity contribution in [2.45, 2.75) is 25.2 Å². The minimum Gasteiger partial charge on any atom is -0.398 e. The zero-order valence-electron chi connectivity index (χ0n) is 12.0. The number of amides is 1. The van der Waals surface area contributed by atoms with E-state index in [2.05, 4.69) is 5.32 Å². The predicted octanol–water partition coefficient (Wildman–Crippen LogP) is 0.724. The third-order valence-electron chi connectivity index (χ3n) is 2.85. The van der Waals surface area contributed by atoms with Crippen LogP contribution in [0.5, 0.6) is 0 Å². The number of nitrogens with zero attached hydrogens (tertiary/aromatic N) is 1. The number of nitrogen functional groups attached to an aromatic ring is 1. The summed E-state index contributed by atoms with van der Waals surface area (Å²) in [5, 5.41) is 2.64. The van der Waals surface area contributed by atoms with Crippen molar-refractivity contribution in [2.75, 3.05) is 25.9 Å². The normalized spacial score (nSPS) is 11.6. The summed E-state index contributed by atoms with van der Waals surface area (Å²) in [5.41, 5.74) is 6.50. The van der Waals surface area contributed by atoms with Crippen LogP contribution in [0, 0.1) is 6.92 Å². The van der Waals surface area contributed by atoms with Gasteiger partial charge in [-0.25, -0.2) is 8.42 Å². The van der Waals surface area contributed by atoms with E-state index in [0.29, 0.717) is 12.1 Å². The lowest BCUT2D eigenvalue weighted by molar-refractivity contribution is -0.121. The first kappa shape index (κ1) is 16.5. The lowest BCUT2D eigenvalue weighted by Crippen LogP contribution is -2.39.